The Labute approximate surface area is 97.8 Å². The van der Waals surface area contributed by atoms with E-state index >= 15 is 0 Å². The molecule has 0 aliphatic heterocycles. The number of halogens is 2. The molecule has 3 nitrogen and oxygen atoms in total. The number of carbonyl (C=O) groups excluding carboxylic acids is 1. The largest absolute Gasteiger partial charge is 0.324 e. The maximum absolute atomic E-state index is 13.0. The van der Waals surface area contributed by atoms with Gasteiger partial charge in [-0.2, -0.15) is 0 Å². The maximum Gasteiger partial charge on any atom is 0.244 e. The SMILES string of the molecule is NC1(C(=O)Nc2cc(F)cc(Cl)c2)CCC1. The first-order valence-corrected chi connectivity index (χ1v) is 5.44. The van der Waals surface area contributed by atoms with Gasteiger partial charge in [-0.1, -0.05) is 11.6 Å². The topological polar surface area (TPSA) is 55.1 Å². The summed E-state index contributed by atoms with van der Waals surface area (Å²) in [6.45, 7) is 0. The first-order chi connectivity index (χ1) is 7.49. The Bertz CT molecular complexity index is 412. The van der Waals surface area contributed by atoms with Crippen molar-refractivity contribution < 1.29 is 9.18 Å². The summed E-state index contributed by atoms with van der Waals surface area (Å²) in [6, 6.07) is 3.88. The van der Waals surface area contributed by atoms with Crippen molar-refractivity contribution in [2.24, 2.45) is 5.73 Å². The molecule has 1 amide bonds. The summed E-state index contributed by atoms with van der Waals surface area (Å²) in [7, 11) is 0. The molecule has 0 spiro atoms. The molecule has 0 heterocycles. The van der Waals surface area contributed by atoms with Crippen molar-refractivity contribution >= 4 is 23.2 Å². The average Bonchev–Trinajstić information content (AvgIpc) is 2.12. The quantitative estimate of drug-likeness (QED) is 0.836. The zero-order valence-corrected chi connectivity index (χ0v) is 9.35. The number of hydrogen-bond acceptors (Lipinski definition) is 2. The standard InChI is InChI=1S/C11H12ClFN2O/c12-7-4-8(13)6-9(5-7)15-10(16)11(14)2-1-3-11/h4-6H,1-3,14H2,(H,15,16). The van der Waals surface area contributed by atoms with Gasteiger partial charge in [-0.15, -0.1) is 0 Å². The molecule has 2 rings (SSSR count). The van der Waals surface area contributed by atoms with Gasteiger partial charge in [0.05, 0.1) is 5.54 Å². The lowest BCUT2D eigenvalue weighted by Gasteiger charge is -2.36. The summed E-state index contributed by atoms with van der Waals surface area (Å²) in [5.74, 6) is -0.761. The Morgan fingerprint density at radius 2 is 2.12 bits per heavy atom. The summed E-state index contributed by atoms with van der Waals surface area (Å²) in [4.78, 5) is 11.7. The van der Waals surface area contributed by atoms with Crippen LogP contribution < -0.4 is 11.1 Å². The number of nitrogens with one attached hydrogen (secondary N) is 1. The minimum absolute atomic E-state index is 0.245. The molecule has 5 heteroatoms. The van der Waals surface area contributed by atoms with Gasteiger partial charge in [-0.25, -0.2) is 4.39 Å². The van der Waals surface area contributed by atoms with Crippen LogP contribution in [0.25, 0.3) is 0 Å². The number of benzene rings is 1. The van der Waals surface area contributed by atoms with Crippen molar-refractivity contribution in [3.05, 3.63) is 29.0 Å². The molecule has 1 aliphatic carbocycles. The predicted molar refractivity (Wildman–Crippen MR) is 60.8 cm³/mol. The summed E-state index contributed by atoms with van der Waals surface area (Å²) in [5.41, 5.74) is 5.38. The summed E-state index contributed by atoms with van der Waals surface area (Å²) >= 11 is 5.67. The molecule has 1 aromatic carbocycles. The first-order valence-electron chi connectivity index (χ1n) is 5.06. The smallest absolute Gasteiger partial charge is 0.244 e. The Morgan fingerprint density at radius 1 is 1.44 bits per heavy atom. The second-order valence-corrected chi connectivity index (χ2v) is 4.56. The fourth-order valence-electron chi connectivity index (χ4n) is 1.67. The van der Waals surface area contributed by atoms with Crippen molar-refractivity contribution in [1.29, 1.82) is 0 Å². The molecule has 1 aliphatic rings. The highest BCUT2D eigenvalue weighted by Crippen LogP contribution is 2.30. The molecule has 1 aromatic rings. The van der Waals surface area contributed by atoms with Gasteiger partial charge in [0.25, 0.3) is 0 Å². The van der Waals surface area contributed by atoms with E-state index in [2.05, 4.69) is 5.32 Å². The fraction of sp³-hybridized carbons (Fsp3) is 0.364. The van der Waals surface area contributed by atoms with E-state index in [1.165, 1.54) is 18.2 Å². The van der Waals surface area contributed by atoms with Crippen molar-refractivity contribution in [1.82, 2.24) is 0 Å². The molecule has 0 aromatic heterocycles. The van der Waals surface area contributed by atoms with E-state index in [-0.39, 0.29) is 10.9 Å². The van der Waals surface area contributed by atoms with Crippen LogP contribution in [0.3, 0.4) is 0 Å². The number of nitrogens with two attached hydrogens (primary N) is 1. The van der Waals surface area contributed by atoms with Gasteiger partial charge in [0.15, 0.2) is 0 Å². The van der Waals surface area contributed by atoms with Crippen LogP contribution in [-0.4, -0.2) is 11.4 Å². The molecule has 0 atom stereocenters. The number of amides is 1. The van der Waals surface area contributed by atoms with Gasteiger partial charge in [-0.3, -0.25) is 4.79 Å². The van der Waals surface area contributed by atoms with Gasteiger partial charge in [0.2, 0.25) is 5.91 Å². The van der Waals surface area contributed by atoms with E-state index in [4.69, 9.17) is 17.3 Å². The lowest BCUT2D eigenvalue weighted by molar-refractivity contribution is -0.123. The van der Waals surface area contributed by atoms with Gasteiger partial charge < -0.3 is 11.1 Å². The maximum atomic E-state index is 13.0. The van der Waals surface area contributed by atoms with E-state index in [0.717, 1.165) is 6.42 Å². The molecule has 0 bridgehead atoms. The van der Waals surface area contributed by atoms with Crippen LogP contribution in [0.5, 0.6) is 0 Å². The van der Waals surface area contributed by atoms with Crippen LogP contribution in [0.1, 0.15) is 19.3 Å². The Balaban J connectivity index is 2.11. The lowest BCUT2D eigenvalue weighted by atomic mass is 9.77. The minimum Gasteiger partial charge on any atom is -0.324 e. The molecule has 86 valence electrons. The summed E-state index contributed by atoms with van der Waals surface area (Å²) in [6.07, 6.45) is 2.29. The third-order valence-corrected chi connectivity index (χ3v) is 3.04. The molecular weight excluding hydrogens is 231 g/mol. The zero-order valence-electron chi connectivity index (χ0n) is 8.59. The first kappa shape index (κ1) is 11.4. The Hall–Kier alpha value is -1.13. The lowest BCUT2D eigenvalue weighted by Crippen LogP contribution is -2.56. The zero-order chi connectivity index (χ0) is 11.8. The van der Waals surface area contributed by atoms with Crippen molar-refractivity contribution in [3.63, 3.8) is 0 Å². The Kier molecular flexibility index (Phi) is 2.86. The molecule has 0 unspecified atom stereocenters. The highest BCUT2D eigenvalue weighted by atomic mass is 35.5. The summed E-state index contributed by atoms with van der Waals surface area (Å²) in [5, 5.41) is 2.82. The molecule has 16 heavy (non-hydrogen) atoms. The van der Waals surface area contributed by atoms with Crippen LogP contribution in [0.2, 0.25) is 5.02 Å². The molecule has 1 saturated carbocycles. The van der Waals surface area contributed by atoms with Crippen molar-refractivity contribution in [3.8, 4) is 0 Å². The van der Waals surface area contributed by atoms with E-state index < -0.39 is 11.4 Å². The van der Waals surface area contributed by atoms with Gasteiger partial charge in [-0.05, 0) is 37.5 Å². The number of rotatable bonds is 2. The van der Waals surface area contributed by atoms with Crippen LogP contribution in [0.15, 0.2) is 18.2 Å². The third kappa shape index (κ3) is 2.18. The van der Waals surface area contributed by atoms with Gasteiger partial charge in [0, 0.05) is 10.7 Å². The van der Waals surface area contributed by atoms with Crippen molar-refractivity contribution in [2.75, 3.05) is 5.32 Å². The number of carbonyl (C=O) groups is 1. The highest BCUT2D eigenvalue weighted by molar-refractivity contribution is 6.30. The van der Waals surface area contributed by atoms with Crippen LogP contribution >= 0.6 is 11.6 Å². The molecule has 3 N–H and O–H groups in total. The number of hydrogen-bond donors (Lipinski definition) is 2. The second kappa shape index (κ2) is 4.03. The second-order valence-electron chi connectivity index (χ2n) is 4.12. The van der Waals surface area contributed by atoms with Gasteiger partial charge >= 0.3 is 0 Å². The van der Waals surface area contributed by atoms with E-state index in [1.807, 2.05) is 0 Å². The molecular formula is C11H12ClFN2O. The normalized spacial score (nSPS) is 17.7. The predicted octanol–water partition coefficient (Wildman–Crippen LogP) is 2.30. The van der Waals surface area contributed by atoms with Crippen molar-refractivity contribution in [2.45, 2.75) is 24.8 Å². The van der Waals surface area contributed by atoms with E-state index in [9.17, 15) is 9.18 Å². The van der Waals surface area contributed by atoms with Gasteiger partial charge in [0.1, 0.15) is 5.82 Å². The molecule has 0 saturated heterocycles. The van der Waals surface area contributed by atoms with Crippen LogP contribution in [0, 0.1) is 5.82 Å². The molecule has 1 fully saturated rings. The van der Waals surface area contributed by atoms with Crippen LogP contribution in [-0.2, 0) is 4.79 Å². The summed E-state index contributed by atoms with van der Waals surface area (Å²) < 4.78 is 13.0. The fourth-order valence-corrected chi connectivity index (χ4v) is 1.89. The highest BCUT2D eigenvalue weighted by Gasteiger charge is 2.40. The molecule has 0 radical (unpaired) electrons. The van der Waals surface area contributed by atoms with E-state index in [0.29, 0.717) is 18.5 Å². The third-order valence-electron chi connectivity index (χ3n) is 2.82. The average molecular weight is 243 g/mol. The number of anilines is 1. The van der Waals surface area contributed by atoms with E-state index in [1.54, 1.807) is 0 Å². The minimum atomic E-state index is -0.793. The van der Waals surface area contributed by atoms with Crippen LogP contribution in [0.4, 0.5) is 10.1 Å². The monoisotopic (exact) mass is 242 g/mol. The Morgan fingerprint density at radius 3 is 2.62 bits per heavy atom.